The summed E-state index contributed by atoms with van der Waals surface area (Å²) < 4.78 is 1.94. The number of aromatic nitrogens is 3. The van der Waals surface area contributed by atoms with Crippen molar-refractivity contribution in [1.82, 2.24) is 25.0 Å². The average Bonchev–Trinajstić information content (AvgIpc) is 3.03. The quantitative estimate of drug-likeness (QED) is 0.936. The molecule has 3 rings (SSSR count). The molecule has 1 unspecified atom stereocenters. The second kappa shape index (κ2) is 6.89. The van der Waals surface area contributed by atoms with Crippen molar-refractivity contribution in [2.75, 3.05) is 20.1 Å². The Hall–Kier alpha value is -1.95. The fourth-order valence-corrected chi connectivity index (χ4v) is 3.36. The number of pyridine rings is 1. The molecule has 1 fully saturated rings. The lowest BCUT2D eigenvalue weighted by molar-refractivity contribution is 0.0709. The first-order valence-electron chi connectivity index (χ1n) is 8.86. The van der Waals surface area contributed by atoms with Crippen LogP contribution in [0.3, 0.4) is 0 Å². The molecule has 24 heavy (non-hydrogen) atoms. The van der Waals surface area contributed by atoms with Crippen LogP contribution in [0.25, 0.3) is 11.0 Å². The second-order valence-electron chi connectivity index (χ2n) is 6.75. The van der Waals surface area contributed by atoms with Crippen LogP contribution in [-0.2, 0) is 0 Å². The number of nitrogens with zero attached hydrogens (tertiary/aromatic N) is 4. The topological polar surface area (TPSA) is 63.1 Å². The van der Waals surface area contributed by atoms with Gasteiger partial charge in [0, 0.05) is 24.8 Å². The van der Waals surface area contributed by atoms with E-state index in [2.05, 4.69) is 29.2 Å². The standard InChI is InChI=1S/C18H27N5O/c1-5-13(3)23-17-16(11-20-23)15(10-12(2)21-17)18(24)22-8-6-14(19-4)7-9-22/h10-11,13-14,19H,5-9H2,1-4H3. The van der Waals surface area contributed by atoms with Gasteiger partial charge in [0.15, 0.2) is 5.65 Å². The number of carbonyl (C=O) groups excluding carboxylic acids is 1. The van der Waals surface area contributed by atoms with Crippen LogP contribution in [0, 0.1) is 6.92 Å². The summed E-state index contributed by atoms with van der Waals surface area (Å²) in [5, 5.41) is 8.66. The minimum Gasteiger partial charge on any atom is -0.339 e. The number of rotatable bonds is 4. The van der Waals surface area contributed by atoms with Gasteiger partial charge in [-0.3, -0.25) is 4.79 Å². The number of fused-ring (bicyclic) bond motifs is 1. The van der Waals surface area contributed by atoms with Gasteiger partial charge in [-0.25, -0.2) is 9.67 Å². The van der Waals surface area contributed by atoms with Crippen LogP contribution in [0.15, 0.2) is 12.3 Å². The molecular weight excluding hydrogens is 302 g/mol. The van der Waals surface area contributed by atoms with Crippen LogP contribution in [0.2, 0.25) is 0 Å². The molecule has 2 aromatic rings. The monoisotopic (exact) mass is 329 g/mol. The summed E-state index contributed by atoms with van der Waals surface area (Å²) in [7, 11) is 1.99. The van der Waals surface area contributed by atoms with Crippen LogP contribution in [-0.4, -0.2) is 51.8 Å². The highest BCUT2D eigenvalue weighted by molar-refractivity contribution is 6.05. The molecule has 6 nitrogen and oxygen atoms in total. The summed E-state index contributed by atoms with van der Waals surface area (Å²) in [6.45, 7) is 7.79. The fraction of sp³-hybridized carbons (Fsp3) is 0.611. The summed E-state index contributed by atoms with van der Waals surface area (Å²) in [6, 6.07) is 2.69. The highest BCUT2D eigenvalue weighted by atomic mass is 16.2. The first kappa shape index (κ1) is 16.9. The van der Waals surface area contributed by atoms with E-state index in [0.717, 1.165) is 54.6 Å². The smallest absolute Gasteiger partial charge is 0.254 e. The van der Waals surface area contributed by atoms with E-state index in [0.29, 0.717) is 6.04 Å². The van der Waals surface area contributed by atoms with E-state index in [1.165, 1.54) is 0 Å². The second-order valence-corrected chi connectivity index (χ2v) is 6.75. The third-order valence-corrected chi connectivity index (χ3v) is 5.12. The molecule has 0 saturated carbocycles. The van der Waals surface area contributed by atoms with E-state index in [1.54, 1.807) is 6.20 Å². The van der Waals surface area contributed by atoms with Gasteiger partial charge in [0.2, 0.25) is 0 Å². The van der Waals surface area contributed by atoms with E-state index in [9.17, 15) is 4.79 Å². The molecule has 1 aliphatic rings. The Morgan fingerprint density at radius 3 is 2.75 bits per heavy atom. The number of nitrogens with one attached hydrogen (secondary N) is 1. The average molecular weight is 329 g/mol. The van der Waals surface area contributed by atoms with Crippen LogP contribution in [0.4, 0.5) is 0 Å². The molecule has 1 aliphatic heterocycles. The number of aryl methyl sites for hydroxylation is 1. The molecule has 1 N–H and O–H groups in total. The van der Waals surface area contributed by atoms with E-state index in [-0.39, 0.29) is 11.9 Å². The number of carbonyl (C=O) groups is 1. The summed E-state index contributed by atoms with van der Waals surface area (Å²) in [5.74, 6) is 0.101. The van der Waals surface area contributed by atoms with Gasteiger partial charge >= 0.3 is 0 Å². The molecule has 3 heterocycles. The van der Waals surface area contributed by atoms with Crippen molar-refractivity contribution < 1.29 is 4.79 Å². The first-order chi connectivity index (χ1) is 11.5. The minimum atomic E-state index is 0.101. The largest absolute Gasteiger partial charge is 0.339 e. The summed E-state index contributed by atoms with van der Waals surface area (Å²) in [4.78, 5) is 19.6. The number of hydrogen-bond donors (Lipinski definition) is 1. The molecule has 6 heteroatoms. The Balaban J connectivity index is 1.94. The van der Waals surface area contributed by atoms with E-state index in [1.807, 2.05) is 29.6 Å². The first-order valence-corrected chi connectivity index (χ1v) is 8.86. The predicted octanol–water partition coefficient (Wildman–Crippen LogP) is 2.53. The molecule has 1 atom stereocenters. The molecular formula is C18H27N5O. The highest BCUT2D eigenvalue weighted by Crippen LogP contribution is 2.24. The van der Waals surface area contributed by atoms with Crippen LogP contribution in [0.1, 0.15) is 55.2 Å². The molecule has 0 aliphatic carbocycles. The van der Waals surface area contributed by atoms with Crippen molar-refractivity contribution in [2.24, 2.45) is 0 Å². The van der Waals surface area contributed by atoms with Gasteiger partial charge in [0.25, 0.3) is 5.91 Å². The number of amides is 1. The third kappa shape index (κ3) is 3.02. The maximum atomic E-state index is 13.1. The zero-order chi connectivity index (χ0) is 17.3. The molecule has 130 valence electrons. The van der Waals surface area contributed by atoms with Gasteiger partial charge in [-0.2, -0.15) is 5.10 Å². The highest BCUT2D eigenvalue weighted by Gasteiger charge is 2.25. The maximum absolute atomic E-state index is 13.1. The van der Waals surface area contributed by atoms with Crippen LogP contribution >= 0.6 is 0 Å². The Morgan fingerprint density at radius 1 is 1.42 bits per heavy atom. The number of piperidine rings is 1. The molecule has 0 bridgehead atoms. The molecule has 1 amide bonds. The fourth-order valence-electron chi connectivity index (χ4n) is 3.36. The maximum Gasteiger partial charge on any atom is 0.254 e. The minimum absolute atomic E-state index is 0.101. The van der Waals surface area contributed by atoms with Crippen molar-refractivity contribution in [3.05, 3.63) is 23.5 Å². The molecule has 0 spiro atoms. The molecule has 0 radical (unpaired) electrons. The zero-order valence-corrected chi connectivity index (χ0v) is 15.0. The van der Waals surface area contributed by atoms with Crippen LogP contribution < -0.4 is 5.32 Å². The lowest BCUT2D eigenvalue weighted by Crippen LogP contribution is -2.44. The van der Waals surface area contributed by atoms with E-state index >= 15 is 0 Å². The normalized spacial score (nSPS) is 17.4. The van der Waals surface area contributed by atoms with Crippen molar-refractivity contribution in [1.29, 1.82) is 0 Å². The summed E-state index contributed by atoms with van der Waals surface area (Å²) >= 11 is 0. The van der Waals surface area contributed by atoms with Crippen molar-refractivity contribution in [3.63, 3.8) is 0 Å². The molecule has 2 aromatic heterocycles. The summed E-state index contributed by atoms with van der Waals surface area (Å²) in [5.41, 5.74) is 2.41. The van der Waals surface area contributed by atoms with Crippen molar-refractivity contribution in [3.8, 4) is 0 Å². The SMILES string of the molecule is CCC(C)n1ncc2c(C(=O)N3CCC(NC)CC3)cc(C)nc21. The Labute approximate surface area is 143 Å². The van der Waals surface area contributed by atoms with Gasteiger partial charge in [-0.05, 0) is 46.2 Å². The van der Waals surface area contributed by atoms with Gasteiger partial charge < -0.3 is 10.2 Å². The zero-order valence-electron chi connectivity index (χ0n) is 15.0. The van der Waals surface area contributed by atoms with E-state index in [4.69, 9.17) is 0 Å². The summed E-state index contributed by atoms with van der Waals surface area (Å²) in [6.07, 6.45) is 4.78. The van der Waals surface area contributed by atoms with Gasteiger partial charge in [0.05, 0.1) is 23.2 Å². The van der Waals surface area contributed by atoms with Gasteiger partial charge in [-0.1, -0.05) is 6.92 Å². The third-order valence-electron chi connectivity index (χ3n) is 5.12. The number of likely N-dealkylation sites (tertiary alicyclic amines) is 1. The Bertz CT molecular complexity index is 730. The van der Waals surface area contributed by atoms with Crippen molar-refractivity contribution in [2.45, 2.75) is 52.1 Å². The van der Waals surface area contributed by atoms with Gasteiger partial charge in [-0.15, -0.1) is 0 Å². The molecule has 1 saturated heterocycles. The van der Waals surface area contributed by atoms with Gasteiger partial charge in [0.1, 0.15) is 0 Å². The number of hydrogen-bond acceptors (Lipinski definition) is 4. The van der Waals surface area contributed by atoms with Crippen LogP contribution in [0.5, 0.6) is 0 Å². The lowest BCUT2D eigenvalue weighted by Gasteiger charge is -2.32. The Kier molecular flexibility index (Phi) is 4.85. The Morgan fingerprint density at radius 2 is 2.12 bits per heavy atom. The lowest BCUT2D eigenvalue weighted by atomic mass is 10.0. The predicted molar refractivity (Wildman–Crippen MR) is 95.3 cm³/mol. The molecule has 0 aromatic carbocycles. The van der Waals surface area contributed by atoms with E-state index < -0.39 is 0 Å². The van der Waals surface area contributed by atoms with Crippen molar-refractivity contribution >= 4 is 16.9 Å².